The molecule has 132 valence electrons. The van der Waals surface area contributed by atoms with Gasteiger partial charge in [0, 0.05) is 50.8 Å². The zero-order valence-corrected chi connectivity index (χ0v) is 14.8. The van der Waals surface area contributed by atoms with Gasteiger partial charge in [-0.1, -0.05) is 0 Å². The lowest BCUT2D eigenvalue weighted by Crippen LogP contribution is -2.50. The molecule has 2 saturated heterocycles. The van der Waals surface area contributed by atoms with Crippen LogP contribution in [0.3, 0.4) is 0 Å². The summed E-state index contributed by atoms with van der Waals surface area (Å²) in [6.07, 6.45) is 4.70. The van der Waals surface area contributed by atoms with Crippen LogP contribution >= 0.6 is 0 Å². The average molecular weight is 331 g/mol. The van der Waals surface area contributed by atoms with Crippen molar-refractivity contribution in [1.82, 2.24) is 20.2 Å². The van der Waals surface area contributed by atoms with E-state index in [0.29, 0.717) is 19.3 Å². The number of nitrogens with zero attached hydrogens (tertiary/aromatic N) is 4. The number of piperazine rings is 1. The third kappa shape index (κ3) is 3.27. The number of fused-ring (bicyclic) bond motifs is 2. The quantitative estimate of drug-likeness (QED) is 0.888. The summed E-state index contributed by atoms with van der Waals surface area (Å²) in [7, 11) is 0. The van der Waals surface area contributed by atoms with Gasteiger partial charge in [0.2, 0.25) is 0 Å². The molecule has 0 unspecified atom stereocenters. The van der Waals surface area contributed by atoms with Crippen LogP contribution < -0.4 is 10.2 Å². The number of hydrogen-bond donors (Lipinski definition) is 1. The Labute approximate surface area is 144 Å². The van der Waals surface area contributed by atoms with Crippen LogP contribution in [-0.2, 0) is 24.2 Å². The molecule has 1 aromatic heterocycles. The van der Waals surface area contributed by atoms with Crippen LogP contribution in [0.2, 0.25) is 0 Å². The van der Waals surface area contributed by atoms with Crippen molar-refractivity contribution < 1.29 is 4.74 Å². The number of hydrogen-bond acceptors (Lipinski definition) is 6. The molecule has 0 amide bonds. The minimum absolute atomic E-state index is 0.521. The van der Waals surface area contributed by atoms with E-state index in [2.05, 4.69) is 15.1 Å². The first-order chi connectivity index (χ1) is 11.8. The highest BCUT2D eigenvalue weighted by atomic mass is 16.5. The normalized spacial score (nSPS) is 24.5. The third-order valence-electron chi connectivity index (χ3n) is 5.53. The average Bonchev–Trinajstić information content (AvgIpc) is 2.95. The predicted molar refractivity (Wildman–Crippen MR) is 94.4 cm³/mol. The van der Waals surface area contributed by atoms with Crippen LogP contribution in [0.5, 0.6) is 0 Å². The van der Waals surface area contributed by atoms with E-state index in [1.54, 1.807) is 0 Å². The van der Waals surface area contributed by atoms with Crippen molar-refractivity contribution in [3.63, 3.8) is 0 Å². The molecule has 0 bridgehead atoms. The van der Waals surface area contributed by atoms with Crippen molar-refractivity contribution >= 4 is 5.82 Å². The van der Waals surface area contributed by atoms with Gasteiger partial charge < -0.3 is 15.0 Å². The van der Waals surface area contributed by atoms with Crippen LogP contribution in [-0.4, -0.2) is 66.8 Å². The molecule has 24 heavy (non-hydrogen) atoms. The fraction of sp³-hybridized carbons (Fsp3) is 0.778. The summed E-state index contributed by atoms with van der Waals surface area (Å²) in [6, 6.07) is 0.712. The summed E-state index contributed by atoms with van der Waals surface area (Å²) in [5, 5.41) is 3.50. The summed E-state index contributed by atoms with van der Waals surface area (Å²) in [6.45, 7) is 9.93. The fourth-order valence-corrected chi connectivity index (χ4v) is 4.28. The summed E-state index contributed by atoms with van der Waals surface area (Å²) in [5.41, 5.74) is 2.60. The summed E-state index contributed by atoms with van der Waals surface area (Å²) in [4.78, 5) is 14.9. The Morgan fingerprint density at radius 2 is 2.08 bits per heavy atom. The van der Waals surface area contributed by atoms with E-state index < -0.39 is 0 Å². The first-order valence-electron chi connectivity index (χ1n) is 9.51. The van der Waals surface area contributed by atoms with Crippen molar-refractivity contribution in [2.75, 3.05) is 50.8 Å². The van der Waals surface area contributed by atoms with Gasteiger partial charge in [0.15, 0.2) is 5.82 Å². The van der Waals surface area contributed by atoms with E-state index in [1.807, 2.05) is 6.92 Å². The standard InChI is InChI=1S/C18H29N5O/c1-2-24-13-17-20-16-6-8-19-7-5-15(16)18(21-17)23-11-10-22-9-3-4-14(22)12-23/h14,19H,2-13H2,1H3/t14-/m0/s1. The van der Waals surface area contributed by atoms with E-state index in [9.17, 15) is 0 Å². The molecule has 1 N–H and O–H groups in total. The summed E-state index contributed by atoms with van der Waals surface area (Å²) < 4.78 is 5.59. The molecule has 3 aliphatic heterocycles. The minimum Gasteiger partial charge on any atom is -0.374 e. The molecule has 2 fully saturated rings. The molecule has 0 radical (unpaired) electrons. The van der Waals surface area contributed by atoms with E-state index in [4.69, 9.17) is 14.7 Å². The smallest absolute Gasteiger partial charge is 0.156 e. The Morgan fingerprint density at radius 3 is 3.00 bits per heavy atom. The highest BCUT2D eigenvalue weighted by molar-refractivity contribution is 5.51. The maximum absolute atomic E-state index is 5.59. The number of rotatable bonds is 4. The zero-order valence-electron chi connectivity index (χ0n) is 14.8. The van der Waals surface area contributed by atoms with Crippen LogP contribution in [0.15, 0.2) is 0 Å². The minimum atomic E-state index is 0.521. The van der Waals surface area contributed by atoms with Crippen molar-refractivity contribution in [2.24, 2.45) is 0 Å². The van der Waals surface area contributed by atoms with Crippen LogP contribution in [0.1, 0.15) is 36.8 Å². The molecule has 0 saturated carbocycles. The maximum atomic E-state index is 5.59. The number of aromatic nitrogens is 2. The van der Waals surface area contributed by atoms with Crippen LogP contribution in [0, 0.1) is 0 Å². The Balaban J connectivity index is 1.64. The largest absolute Gasteiger partial charge is 0.374 e. The molecule has 1 aromatic rings. The van der Waals surface area contributed by atoms with Gasteiger partial charge >= 0.3 is 0 Å². The second-order valence-electron chi connectivity index (χ2n) is 7.05. The summed E-state index contributed by atoms with van der Waals surface area (Å²) in [5.74, 6) is 2.03. The van der Waals surface area contributed by atoms with E-state index >= 15 is 0 Å². The maximum Gasteiger partial charge on any atom is 0.156 e. The Bertz CT molecular complexity index is 579. The van der Waals surface area contributed by atoms with Crippen LogP contribution in [0.25, 0.3) is 0 Å². The summed E-state index contributed by atoms with van der Waals surface area (Å²) >= 11 is 0. The highest BCUT2D eigenvalue weighted by Gasteiger charge is 2.32. The van der Waals surface area contributed by atoms with Gasteiger partial charge in [0.1, 0.15) is 12.4 Å². The van der Waals surface area contributed by atoms with Gasteiger partial charge in [0.05, 0.1) is 5.69 Å². The number of anilines is 1. The molecule has 4 heterocycles. The van der Waals surface area contributed by atoms with Gasteiger partial charge in [-0.2, -0.15) is 0 Å². The number of ether oxygens (including phenoxy) is 1. The van der Waals surface area contributed by atoms with Crippen molar-refractivity contribution in [2.45, 2.75) is 45.3 Å². The lowest BCUT2D eigenvalue weighted by molar-refractivity contribution is 0.128. The van der Waals surface area contributed by atoms with Crippen molar-refractivity contribution in [3.8, 4) is 0 Å². The van der Waals surface area contributed by atoms with Gasteiger partial charge in [-0.3, -0.25) is 4.90 Å². The molecule has 3 aliphatic rings. The SMILES string of the molecule is CCOCc1nc2c(c(N3CCN4CCC[C@H]4C3)n1)CCNCC2. The molecular formula is C18H29N5O. The molecular weight excluding hydrogens is 302 g/mol. The van der Waals surface area contributed by atoms with E-state index in [-0.39, 0.29) is 0 Å². The molecule has 0 spiro atoms. The predicted octanol–water partition coefficient (Wildman–Crippen LogP) is 0.986. The molecule has 1 atom stereocenters. The Hall–Kier alpha value is -1.24. The topological polar surface area (TPSA) is 53.5 Å². The van der Waals surface area contributed by atoms with E-state index in [1.165, 1.54) is 43.0 Å². The van der Waals surface area contributed by atoms with Crippen molar-refractivity contribution in [1.29, 1.82) is 0 Å². The lowest BCUT2D eigenvalue weighted by atomic mass is 10.1. The zero-order chi connectivity index (χ0) is 16.4. The molecule has 4 rings (SSSR count). The second kappa shape index (κ2) is 7.33. The van der Waals surface area contributed by atoms with Gasteiger partial charge in [-0.05, 0) is 39.3 Å². The monoisotopic (exact) mass is 331 g/mol. The first kappa shape index (κ1) is 16.2. The fourth-order valence-electron chi connectivity index (χ4n) is 4.28. The van der Waals surface area contributed by atoms with Gasteiger partial charge in [-0.15, -0.1) is 0 Å². The highest BCUT2D eigenvalue weighted by Crippen LogP contribution is 2.29. The third-order valence-corrected chi connectivity index (χ3v) is 5.53. The first-order valence-corrected chi connectivity index (χ1v) is 9.51. The van der Waals surface area contributed by atoms with Gasteiger partial charge in [-0.25, -0.2) is 9.97 Å². The molecule has 6 heteroatoms. The molecule has 0 aromatic carbocycles. The Kier molecular flexibility index (Phi) is 4.96. The van der Waals surface area contributed by atoms with E-state index in [0.717, 1.165) is 44.8 Å². The Morgan fingerprint density at radius 1 is 1.17 bits per heavy atom. The number of nitrogens with one attached hydrogen (secondary N) is 1. The van der Waals surface area contributed by atoms with Crippen molar-refractivity contribution in [3.05, 3.63) is 17.1 Å². The second-order valence-corrected chi connectivity index (χ2v) is 7.05. The lowest BCUT2D eigenvalue weighted by Gasteiger charge is -2.39. The molecule has 6 nitrogen and oxygen atoms in total. The van der Waals surface area contributed by atoms with Crippen LogP contribution in [0.4, 0.5) is 5.82 Å². The molecule has 0 aliphatic carbocycles. The van der Waals surface area contributed by atoms with Gasteiger partial charge in [0.25, 0.3) is 0 Å².